The van der Waals surface area contributed by atoms with Crippen molar-refractivity contribution in [2.45, 2.75) is 32.4 Å². The second-order valence-electron chi connectivity index (χ2n) is 8.02. The number of rotatable bonds is 12. The lowest BCUT2D eigenvalue weighted by atomic mass is 10.0. The molecular formula is C27H32N4O3. The zero-order valence-electron chi connectivity index (χ0n) is 19.7. The highest BCUT2D eigenvalue weighted by Crippen LogP contribution is 2.34. The van der Waals surface area contributed by atoms with Crippen molar-refractivity contribution >= 4 is 17.4 Å². The molecule has 0 bridgehead atoms. The van der Waals surface area contributed by atoms with Crippen LogP contribution in [0.4, 0.5) is 5.69 Å². The Hall–Kier alpha value is -4.00. The van der Waals surface area contributed by atoms with Gasteiger partial charge in [0, 0.05) is 23.9 Å². The lowest BCUT2D eigenvalue weighted by Crippen LogP contribution is -2.37. The number of nitrogens with two attached hydrogens (primary N) is 2. The van der Waals surface area contributed by atoms with E-state index in [0.717, 1.165) is 24.1 Å². The monoisotopic (exact) mass is 460 g/mol. The molecule has 3 aromatic rings. The van der Waals surface area contributed by atoms with Crippen molar-refractivity contribution in [3.05, 3.63) is 89.5 Å². The summed E-state index contributed by atoms with van der Waals surface area (Å²) in [6.07, 6.45) is 1.94. The third-order valence-electron chi connectivity index (χ3n) is 5.51. The van der Waals surface area contributed by atoms with Gasteiger partial charge in [0.2, 0.25) is 5.91 Å². The lowest BCUT2D eigenvalue weighted by molar-refractivity contribution is -0.119. The fraction of sp³-hybridized carbons (Fsp3) is 0.259. The first-order chi connectivity index (χ1) is 16.4. The summed E-state index contributed by atoms with van der Waals surface area (Å²) >= 11 is 0. The Balaban J connectivity index is 2.07. The van der Waals surface area contributed by atoms with Gasteiger partial charge < -0.3 is 25.8 Å². The highest BCUT2D eigenvalue weighted by atomic mass is 16.5. The zero-order chi connectivity index (χ0) is 24.5. The molecule has 0 spiro atoms. The molecule has 34 heavy (non-hydrogen) atoms. The van der Waals surface area contributed by atoms with E-state index in [4.69, 9.17) is 26.4 Å². The number of amides is 1. The van der Waals surface area contributed by atoms with Gasteiger partial charge in [-0.05, 0) is 53.9 Å². The van der Waals surface area contributed by atoms with Crippen LogP contribution in [0.25, 0.3) is 0 Å². The zero-order valence-corrected chi connectivity index (χ0v) is 19.7. The number of ether oxygens (including phenoxy) is 2. The molecule has 178 valence electrons. The molecular weight excluding hydrogens is 428 g/mol. The molecule has 0 aliphatic carbocycles. The highest BCUT2D eigenvalue weighted by Gasteiger charge is 2.28. The molecule has 0 radical (unpaired) electrons. The molecule has 0 aliphatic heterocycles. The molecule has 7 nitrogen and oxygen atoms in total. The van der Waals surface area contributed by atoms with Gasteiger partial charge in [0.15, 0.2) is 0 Å². The Morgan fingerprint density at radius 3 is 2.26 bits per heavy atom. The van der Waals surface area contributed by atoms with Gasteiger partial charge in [-0.1, -0.05) is 43.7 Å². The molecule has 1 unspecified atom stereocenters. The molecule has 0 heterocycles. The van der Waals surface area contributed by atoms with E-state index in [9.17, 15) is 4.79 Å². The van der Waals surface area contributed by atoms with E-state index in [2.05, 4.69) is 6.92 Å². The number of hydrogen-bond donors (Lipinski definition) is 3. The van der Waals surface area contributed by atoms with Gasteiger partial charge in [-0.3, -0.25) is 10.2 Å². The molecule has 7 heteroatoms. The van der Waals surface area contributed by atoms with Crippen LogP contribution < -0.4 is 25.8 Å². The number of unbranched alkanes of at least 4 members (excludes halogenated alkanes) is 1. The number of carbonyl (C=O) groups excluding carboxylic acids is 1. The fourth-order valence-electron chi connectivity index (χ4n) is 3.73. The minimum absolute atomic E-state index is 0.0192. The van der Waals surface area contributed by atoms with Crippen LogP contribution in [0.3, 0.4) is 0 Å². The minimum atomic E-state index is -0.785. The molecule has 0 fully saturated rings. The van der Waals surface area contributed by atoms with Gasteiger partial charge in [0.25, 0.3) is 0 Å². The van der Waals surface area contributed by atoms with Crippen molar-refractivity contribution in [1.82, 2.24) is 0 Å². The second kappa shape index (κ2) is 11.7. The Kier molecular flexibility index (Phi) is 8.51. The number of nitrogens with one attached hydrogen (secondary N) is 1. The number of methoxy groups -OCH3 is 1. The number of amidine groups is 1. The van der Waals surface area contributed by atoms with E-state index in [0.29, 0.717) is 35.8 Å². The van der Waals surface area contributed by atoms with Crippen LogP contribution in [0.5, 0.6) is 11.5 Å². The van der Waals surface area contributed by atoms with Crippen LogP contribution in [0.2, 0.25) is 0 Å². The van der Waals surface area contributed by atoms with Crippen LogP contribution in [-0.4, -0.2) is 25.5 Å². The van der Waals surface area contributed by atoms with E-state index in [1.165, 1.54) is 0 Å². The Bertz CT molecular complexity index is 1100. The average molecular weight is 461 g/mol. The number of nitrogens with zero attached hydrogens (tertiary/aromatic N) is 1. The van der Waals surface area contributed by atoms with Crippen LogP contribution in [0.15, 0.2) is 72.8 Å². The van der Waals surface area contributed by atoms with Crippen LogP contribution >= 0.6 is 0 Å². The smallest absolute Gasteiger partial charge is 0.244 e. The number of anilines is 1. The number of primary amides is 1. The summed E-state index contributed by atoms with van der Waals surface area (Å²) in [6, 6.07) is 21.7. The molecule has 5 N–H and O–H groups in total. The number of benzene rings is 3. The number of hydrogen-bond acceptors (Lipinski definition) is 5. The number of nitrogen functional groups attached to an aromatic ring is 1. The Morgan fingerprint density at radius 2 is 1.68 bits per heavy atom. The first-order valence-corrected chi connectivity index (χ1v) is 11.3. The molecule has 3 rings (SSSR count). The van der Waals surface area contributed by atoms with E-state index >= 15 is 0 Å². The van der Waals surface area contributed by atoms with Gasteiger partial charge in [0.05, 0.1) is 13.7 Å². The molecule has 3 aromatic carbocycles. The van der Waals surface area contributed by atoms with Crippen molar-refractivity contribution in [2.75, 3.05) is 18.6 Å². The van der Waals surface area contributed by atoms with Crippen molar-refractivity contribution in [1.29, 1.82) is 5.41 Å². The van der Waals surface area contributed by atoms with Gasteiger partial charge in [-0.2, -0.15) is 0 Å². The first-order valence-electron chi connectivity index (χ1n) is 11.3. The fourth-order valence-corrected chi connectivity index (χ4v) is 3.73. The normalized spacial score (nSPS) is 11.5. The van der Waals surface area contributed by atoms with Crippen LogP contribution in [0.1, 0.15) is 42.5 Å². The molecule has 0 saturated carbocycles. The third-order valence-corrected chi connectivity index (χ3v) is 5.51. The molecule has 1 amide bonds. The van der Waals surface area contributed by atoms with Crippen LogP contribution in [0, 0.1) is 5.41 Å². The predicted octanol–water partition coefficient (Wildman–Crippen LogP) is 4.39. The summed E-state index contributed by atoms with van der Waals surface area (Å²) < 4.78 is 11.4. The van der Waals surface area contributed by atoms with Crippen molar-refractivity contribution < 1.29 is 14.3 Å². The Morgan fingerprint density at radius 1 is 1.00 bits per heavy atom. The van der Waals surface area contributed by atoms with Crippen molar-refractivity contribution in [3.63, 3.8) is 0 Å². The summed E-state index contributed by atoms with van der Waals surface area (Å²) in [7, 11) is 1.58. The third kappa shape index (κ3) is 6.28. The van der Waals surface area contributed by atoms with Crippen molar-refractivity contribution in [3.8, 4) is 11.5 Å². The average Bonchev–Trinajstić information content (AvgIpc) is 2.84. The van der Waals surface area contributed by atoms with E-state index in [1.54, 1.807) is 25.3 Å². The highest BCUT2D eigenvalue weighted by molar-refractivity contribution is 5.95. The number of carbonyl (C=O) groups is 1. The maximum Gasteiger partial charge on any atom is 0.244 e. The van der Waals surface area contributed by atoms with E-state index < -0.39 is 11.9 Å². The maximum absolute atomic E-state index is 12.9. The van der Waals surface area contributed by atoms with E-state index in [-0.39, 0.29) is 5.84 Å². The summed E-state index contributed by atoms with van der Waals surface area (Å²) in [5.41, 5.74) is 14.7. The maximum atomic E-state index is 12.9. The van der Waals surface area contributed by atoms with Gasteiger partial charge >= 0.3 is 0 Å². The minimum Gasteiger partial charge on any atom is -0.497 e. The predicted molar refractivity (Wildman–Crippen MR) is 135 cm³/mol. The first kappa shape index (κ1) is 24.6. The summed E-state index contributed by atoms with van der Waals surface area (Å²) in [5, 5.41) is 7.68. The molecule has 0 aliphatic rings. The summed E-state index contributed by atoms with van der Waals surface area (Å²) in [4.78, 5) is 14.8. The molecule has 1 atom stereocenters. The Labute approximate surface area is 200 Å². The topological polar surface area (TPSA) is 115 Å². The second-order valence-corrected chi connectivity index (χ2v) is 8.02. The van der Waals surface area contributed by atoms with Gasteiger partial charge in [-0.15, -0.1) is 0 Å². The SMILES string of the molecule is CCCCOc1cc(OC)cc(C(C(N)=O)N(Cc2ccccc2)c2ccc(C(=N)N)cc2)c1. The van der Waals surface area contributed by atoms with E-state index in [1.807, 2.05) is 59.5 Å². The summed E-state index contributed by atoms with van der Waals surface area (Å²) in [6.45, 7) is 3.12. The van der Waals surface area contributed by atoms with Crippen molar-refractivity contribution in [2.24, 2.45) is 11.5 Å². The standard InChI is InChI=1S/C27H32N4O3/c1-3-4-14-34-24-16-21(15-23(17-24)33-2)25(27(30)32)31(18-19-8-6-5-7-9-19)22-12-10-20(11-13-22)26(28)29/h5-13,15-17,25H,3-4,14,18H2,1-2H3,(H3,28,29)(H2,30,32). The summed E-state index contributed by atoms with van der Waals surface area (Å²) in [5.74, 6) is 0.691. The quantitative estimate of drug-likeness (QED) is 0.211. The molecule has 0 saturated heterocycles. The van der Waals surface area contributed by atoms with Gasteiger partial charge in [-0.25, -0.2) is 0 Å². The largest absolute Gasteiger partial charge is 0.497 e. The van der Waals surface area contributed by atoms with Crippen LogP contribution in [-0.2, 0) is 11.3 Å². The van der Waals surface area contributed by atoms with Gasteiger partial charge in [0.1, 0.15) is 23.4 Å². The lowest BCUT2D eigenvalue weighted by Gasteiger charge is -2.33. The molecule has 0 aromatic heterocycles.